The summed E-state index contributed by atoms with van der Waals surface area (Å²) in [5.74, 6) is -0.0812. The van der Waals surface area contributed by atoms with Gasteiger partial charge in [-0.25, -0.2) is 9.97 Å². The molecule has 0 spiro atoms. The van der Waals surface area contributed by atoms with Crippen LogP contribution in [0.2, 0.25) is 0 Å². The van der Waals surface area contributed by atoms with Crippen LogP contribution in [0.4, 0.5) is 5.82 Å². The number of pyridine rings is 3. The van der Waals surface area contributed by atoms with Gasteiger partial charge in [0.05, 0.1) is 6.54 Å². The number of carbonyl (C=O) groups is 1. The average Bonchev–Trinajstić information content (AvgIpc) is 2.71. The molecule has 0 saturated carbocycles. The van der Waals surface area contributed by atoms with E-state index in [-0.39, 0.29) is 11.1 Å². The second kappa shape index (κ2) is 7.67. The fourth-order valence-corrected chi connectivity index (χ4v) is 3.19. The number of hydrogen-bond donors (Lipinski definition) is 1. The Bertz CT molecular complexity index is 1260. The molecule has 0 radical (unpaired) electrons. The summed E-state index contributed by atoms with van der Waals surface area (Å²) in [4.78, 5) is 34.7. The van der Waals surface area contributed by atoms with E-state index in [4.69, 9.17) is 0 Å². The number of anilines is 1. The van der Waals surface area contributed by atoms with E-state index in [0.29, 0.717) is 18.0 Å². The molecule has 0 aliphatic heterocycles. The summed E-state index contributed by atoms with van der Waals surface area (Å²) in [5, 5.41) is 3.44. The molecule has 4 rings (SSSR count). The number of carbonyl (C=O) groups excluding carboxylic acids is 1. The minimum absolute atomic E-state index is 0.0564. The number of aryl methyl sites for hydroxylation is 2. The zero-order chi connectivity index (χ0) is 20.4. The smallest absolute Gasteiger partial charge is 0.265 e. The van der Waals surface area contributed by atoms with Crippen molar-refractivity contribution >= 4 is 22.8 Å². The summed E-state index contributed by atoms with van der Waals surface area (Å²) < 4.78 is 1.54. The number of benzene rings is 1. The van der Waals surface area contributed by atoms with Gasteiger partial charge in [0.15, 0.2) is 0 Å². The Kier molecular flexibility index (Phi) is 4.91. The normalized spacial score (nSPS) is 10.8. The largest absolute Gasteiger partial charge is 0.306 e. The summed E-state index contributed by atoms with van der Waals surface area (Å²) in [5.41, 5.74) is 3.10. The van der Waals surface area contributed by atoms with E-state index in [1.165, 1.54) is 0 Å². The highest BCUT2D eigenvalue weighted by Crippen LogP contribution is 2.14. The van der Waals surface area contributed by atoms with Crippen LogP contribution in [-0.4, -0.2) is 20.4 Å². The minimum Gasteiger partial charge on any atom is -0.306 e. The lowest BCUT2D eigenvalue weighted by Crippen LogP contribution is -2.30. The zero-order valence-electron chi connectivity index (χ0n) is 16.2. The number of aromatic nitrogens is 3. The Balaban J connectivity index is 1.78. The van der Waals surface area contributed by atoms with E-state index < -0.39 is 5.91 Å². The molecule has 3 aromatic heterocycles. The molecule has 6 nitrogen and oxygen atoms in total. The molecule has 4 aromatic rings. The van der Waals surface area contributed by atoms with Crippen molar-refractivity contribution in [2.24, 2.45) is 0 Å². The van der Waals surface area contributed by atoms with E-state index in [2.05, 4.69) is 15.3 Å². The minimum atomic E-state index is -0.489. The lowest BCUT2D eigenvalue weighted by Gasteiger charge is -2.12. The van der Waals surface area contributed by atoms with Gasteiger partial charge in [-0.3, -0.25) is 14.2 Å². The Hall–Kier alpha value is -3.80. The van der Waals surface area contributed by atoms with Crippen molar-refractivity contribution in [3.63, 3.8) is 0 Å². The van der Waals surface area contributed by atoms with Crippen LogP contribution < -0.4 is 10.9 Å². The standard InChI is InChI=1S/C23H20N4O2/c1-15-8-10-17(11-9-15)14-27-21-18(6-4-12-24-21)13-19(23(27)29)22(28)26-20-7-3-5-16(2)25-20/h3-13H,14H2,1-2H3,(H,25,26,28). The van der Waals surface area contributed by atoms with E-state index in [1.807, 2.05) is 50.2 Å². The first kappa shape index (κ1) is 18.6. The predicted octanol–water partition coefficient (Wildman–Crippen LogP) is 3.71. The van der Waals surface area contributed by atoms with Gasteiger partial charge in [0.25, 0.3) is 11.5 Å². The molecule has 1 amide bonds. The number of rotatable bonds is 4. The Morgan fingerprint density at radius 2 is 1.83 bits per heavy atom. The summed E-state index contributed by atoms with van der Waals surface area (Å²) in [6, 6.07) is 18.5. The SMILES string of the molecule is Cc1ccc(Cn2c(=O)c(C(=O)Nc3cccc(C)n3)cc3cccnc32)cc1. The highest BCUT2D eigenvalue weighted by Gasteiger charge is 2.17. The first-order valence-electron chi connectivity index (χ1n) is 9.30. The molecular formula is C23H20N4O2. The Labute approximate surface area is 167 Å². The van der Waals surface area contributed by atoms with Crippen LogP contribution >= 0.6 is 0 Å². The van der Waals surface area contributed by atoms with Crippen molar-refractivity contribution in [1.82, 2.24) is 14.5 Å². The Morgan fingerprint density at radius 3 is 2.59 bits per heavy atom. The van der Waals surface area contributed by atoms with Crippen LogP contribution in [0, 0.1) is 13.8 Å². The molecule has 0 atom stereocenters. The molecule has 0 saturated heterocycles. The Morgan fingerprint density at radius 1 is 1.03 bits per heavy atom. The molecule has 1 aromatic carbocycles. The van der Waals surface area contributed by atoms with Gasteiger partial charge >= 0.3 is 0 Å². The van der Waals surface area contributed by atoms with Gasteiger partial charge in [-0.1, -0.05) is 35.9 Å². The van der Waals surface area contributed by atoms with Crippen LogP contribution in [0.25, 0.3) is 11.0 Å². The van der Waals surface area contributed by atoms with Crippen molar-refractivity contribution in [3.05, 3.63) is 99.6 Å². The molecule has 0 aliphatic carbocycles. The topological polar surface area (TPSA) is 76.9 Å². The third-order valence-corrected chi connectivity index (χ3v) is 4.68. The summed E-state index contributed by atoms with van der Waals surface area (Å²) >= 11 is 0. The van der Waals surface area contributed by atoms with Gasteiger partial charge < -0.3 is 5.32 Å². The maximum absolute atomic E-state index is 13.2. The molecular weight excluding hydrogens is 364 g/mol. The van der Waals surface area contributed by atoms with E-state index in [1.54, 1.807) is 35.0 Å². The van der Waals surface area contributed by atoms with Gasteiger partial charge in [-0.05, 0) is 49.7 Å². The summed E-state index contributed by atoms with van der Waals surface area (Å²) in [6.45, 7) is 4.18. The molecule has 0 fully saturated rings. The first-order chi connectivity index (χ1) is 14.0. The second-order valence-electron chi connectivity index (χ2n) is 6.97. The maximum Gasteiger partial charge on any atom is 0.265 e. The maximum atomic E-state index is 13.2. The molecule has 3 heterocycles. The molecule has 29 heavy (non-hydrogen) atoms. The second-order valence-corrected chi connectivity index (χ2v) is 6.97. The van der Waals surface area contributed by atoms with Crippen molar-refractivity contribution < 1.29 is 4.79 Å². The van der Waals surface area contributed by atoms with Crippen LogP contribution in [0.15, 0.2) is 71.7 Å². The number of nitrogens with zero attached hydrogens (tertiary/aromatic N) is 3. The van der Waals surface area contributed by atoms with E-state index >= 15 is 0 Å². The van der Waals surface area contributed by atoms with E-state index in [0.717, 1.165) is 22.2 Å². The fourth-order valence-electron chi connectivity index (χ4n) is 3.19. The summed E-state index contributed by atoms with van der Waals surface area (Å²) in [6.07, 6.45) is 1.64. The fraction of sp³-hybridized carbons (Fsp3) is 0.130. The van der Waals surface area contributed by atoms with Crippen LogP contribution in [0.3, 0.4) is 0 Å². The number of amides is 1. The third-order valence-electron chi connectivity index (χ3n) is 4.68. The molecule has 0 unspecified atom stereocenters. The molecule has 144 valence electrons. The van der Waals surface area contributed by atoms with Crippen molar-refractivity contribution in [2.75, 3.05) is 5.32 Å². The van der Waals surface area contributed by atoms with Gasteiger partial charge in [-0.15, -0.1) is 0 Å². The highest BCUT2D eigenvalue weighted by molar-refractivity contribution is 6.05. The van der Waals surface area contributed by atoms with Crippen molar-refractivity contribution in [3.8, 4) is 0 Å². The lowest BCUT2D eigenvalue weighted by molar-refractivity contribution is 0.102. The van der Waals surface area contributed by atoms with Crippen LogP contribution in [0.5, 0.6) is 0 Å². The molecule has 0 aliphatic rings. The average molecular weight is 384 g/mol. The molecule has 1 N–H and O–H groups in total. The third kappa shape index (κ3) is 3.91. The van der Waals surface area contributed by atoms with Gasteiger partial charge in [0, 0.05) is 17.3 Å². The molecule has 0 bridgehead atoms. The number of hydrogen-bond acceptors (Lipinski definition) is 4. The highest BCUT2D eigenvalue weighted by atomic mass is 16.2. The van der Waals surface area contributed by atoms with Gasteiger partial charge in [0.2, 0.25) is 0 Å². The van der Waals surface area contributed by atoms with Gasteiger partial charge in [0.1, 0.15) is 17.0 Å². The first-order valence-corrected chi connectivity index (χ1v) is 9.30. The molecule has 6 heteroatoms. The van der Waals surface area contributed by atoms with Crippen molar-refractivity contribution in [1.29, 1.82) is 0 Å². The van der Waals surface area contributed by atoms with Crippen molar-refractivity contribution in [2.45, 2.75) is 20.4 Å². The van der Waals surface area contributed by atoms with E-state index in [9.17, 15) is 9.59 Å². The lowest BCUT2D eigenvalue weighted by atomic mass is 10.1. The number of fused-ring (bicyclic) bond motifs is 1. The van der Waals surface area contributed by atoms with Crippen LogP contribution in [-0.2, 0) is 6.54 Å². The zero-order valence-corrected chi connectivity index (χ0v) is 16.2. The number of nitrogens with one attached hydrogen (secondary N) is 1. The predicted molar refractivity (Wildman–Crippen MR) is 113 cm³/mol. The monoisotopic (exact) mass is 384 g/mol. The summed E-state index contributed by atoms with van der Waals surface area (Å²) in [7, 11) is 0. The quantitative estimate of drug-likeness (QED) is 0.582. The van der Waals surface area contributed by atoms with Gasteiger partial charge in [-0.2, -0.15) is 0 Å². The van der Waals surface area contributed by atoms with Crippen LogP contribution in [0.1, 0.15) is 27.2 Å².